The molecule has 0 aliphatic carbocycles. The van der Waals surface area contributed by atoms with Gasteiger partial charge in [0.2, 0.25) is 0 Å². The van der Waals surface area contributed by atoms with Gasteiger partial charge in [-0.25, -0.2) is 9.59 Å². The summed E-state index contributed by atoms with van der Waals surface area (Å²) in [4.78, 5) is 22.5. The highest BCUT2D eigenvalue weighted by Gasteiger charge is 2.00. The molecule has 0 fully saturated rings. The fourth-order valence-electron chi connectivity index (χ4n) is 1.18. The molecule has 6 nitrogen and oxygen atoms in total. The van der Waals surface area contributed by atoms with Crippen LogP contribution in [0.2, 0.25) is 0 Å². The molecule has 0 unspecified atom stereocenters. The summed E-state index contributed by atoms with van der Waals surface area (Å²) >= 11 is 0. The topological polar surface area (TPSA) is 80.1 Å². The maximum Gasteiger partial charge on any atom is 0.364 e. The van der Waals surface area contributed by atoms with E-state index in [1.807, 2.05) is 6.07 Å². The number of nitrogens with one attached hydrogen (secondary N) is 1. The number of esters is 1. The highest BCUT2D eigenvalue weighted by atomic mass is 16.5. The van der Waals surface area contributed by atoms with Crippen LogP contribution >= 0.6 is 0 Å². The highest BCUT2D eigenvalue weighted by molar-refractivity contribution is 5.89. The second-order valence-electron chi connectivity index (χ2n) is 3.53. The number of hydrogen-bond donors (Lipinski definition) is 1. The molecule has 0 aliphatic rings. The molecule has 0 saturated carbocycles. The second kappa shape index (κ2) is 7.75. The molecule has 0 saturated heterocycles. The molecule has 0 heterocycles. The fraction of sp³-hybridized carbons (Fsp3) is 0.231. The summed E-state index contributed by atoms with van der Waals surface area (Å²) in [7, 11) is 0. The first-order valence-electron chi connectivity index (χ1n) is 5.74. The monoisotopic (exact) mass is 261 g/mol. The maximum absolute atomic E-state index is 11.4. The van der Waals surface area contributed by atoms with Crippen LogP contribution in [0.25, 0.3) is 0 Å². The zero-order valence-electron chi connectivity index (χ0n) is 10.8. The summed E-state index contributed by atoms with van der Waals surface area (Å²) in [5.74, 6) is -0.512. The number of hydrogen-bond acceptors (Lipinski definition) is 4. The summed E-state index contributed by atoms with van der Waals surface area (Å²) in [5.41, 5.74) is 0.917. The average molecular weight is 261 g/mol. The SMILES string of the molecule is CCOC(=O)C=C(C)N=NC(=O)Nc1ccccc1. The Hall–Kier alpha value is -2.50. The first-order valence-corrected chi connectivity index (χ1v) is 5.74. The molecular weight excluding hydrogens is 246 g/mol. The molecule has 1 rings (SSSR count). The van der Waals surface area contributed by atoms with E-state index >= 15 is 0 Å². The number of carbonyl (C=O) groups is 2. The van der Waals surface area contributed by atoms with Crippen molar-refractivity contribution in [1.82, 2.24) is 0 Å². The standard InChI is InChI=1S/C13H15N3O3/c1-3-19-12(17)9-10(2)15-16-13(18)14-11-7-5-4-6-8-11/h4-9H,3H2,1-2H3,(H,14,18). The van der Waals surface area contributed by atoms with E-state index in [9.17, 15) is 9.59 Å². The third kappa shape index (κ3) is 6.11. The van der Waals surface area contributed by atoms with Gasteiger partial charge in [0, 0.05) is 11.8 Å². The fourth-order valence-corrected chi connectivity index (χ4v) is 1.18. The lowest BCUT2D eigenvalue weighted by atomic mass is 10.3. The van der Waals surface area contributed by atoms with Crippen LogP contribution in [-0.2, 0) is 9.53 Å². The number of rotatable bonds is 4. The van der Waals surface area contributed by atoms with Crippen LogP contribution in [0, 0.1) is 0 Å². The van der Waals surface area contributed by atoms with Gasteiger partial charge >= 0.3 is 12.0 Å². The molecule has 2 amide bonds. The van der Waals surface area contributed by atoms with E-state index in [4.69, 9.17) is 4.74 Å². The van der Waals surface area contributed by atoms with Crippen LogP contribution in [0.5, 0.6) is 0 Å². The Morgan fingerprint density at radius 2 is 1.95 bits per heavy atom. The third-order valence-electron chi connectivity index (χ3n) is 1.94. The van der Waals surface area contributed by atoms with E-state index in [1.165, 1.54) is 6.08 Å². The number of ether oxygens (including phenoxy) is 1. The number of para-hydroxylation sites is 1. The van der Waals surface area contributed by atoms with E-state index < -0.39 is 12.0 Å². The highest BCUT2D eigenvalue weighted by Crippen LogP contribution is 2.06. The summed E-state index contributed by atoms with van der Waals surface area (Å²) in [6, 6.07) is 8.27. The summed E-state index contributed by atoms with van der Waals surface area (Å²) in [6.07, 6.45) is 1.17. The van der Waals surface area contributed by atoms with E-state index in [2.05, 4.69) is 15.5 Å². The van der Waals surface area contributed by atoms with Crippen molar-refractivity contribution in [2.45, 2.75) is 13.8 Å². The van der Waals surface area contributed by atoms with Gasteiger partial charge in [0.25, 0.3) is 0 Å². The zero-order valence-corrected chi connectivity index (χ0v) is 10.8. The van der Waals surface area contributed by atoms with Crippen LogP contribution in [0.3, 0.4) is 0 Å². The molecule has 100 valence electrons. The Morgan fingerprint density at radius 3 is 2.58 bits per heavy atom. The van der Waals surface area contributed by atoms with Gasteiger partial charge in [-0.15, -0.1) is 0 Å². The van der Waals surface area contributed by atoms with Gasteiger partial charge in [-0.05, 0) is 26.0 Å². The molecule has 0 atom stereocenters. The van der Waals surface area contributed by atoms with Gasteiger partial charge < -0.3 is 10.1 Å². The number of urea groups is 1. The van der Waals surface area contributed by atoms with Crippen molar-refractivity contribution < 1.29 is 14.3 Å². The number of nitrogens with zero attached hydrogens (tertiary/aromatic N) is 2. The minimum absolute atomic E-state index is 0.286. The molecular formula is C13H15N3O3. The number of allylic oxidation sites excluding steroid dienone is 1. The lowest BCUT2D eigenvalue weighted by Crippen LogP contribution is -2.05. The molecule has 0 spiro atoms. The van der Waals surface area contributed by atoms with Crippen molar-refractivity contribution in [3.8, 4) is 0 Å². The van der Waals surface area contributed by atoms with E-state index in [1.54, 1.807) is 38.1 Å². The quantitative estimate of drug-likeness (QED) is 0.513. The summed E-state index contributed by atoms with van der Waals surface area (Å²) < 4.78 is 4.70. The lowest BCUT2D eigenvalue weighted by Gasteiger charge is -1.99. The molecule has 0 radical (unpaired) electrons. The minimum atomic E-state index is -0.609. The van der Waals surface area contributed by atoms with Crippen LogP contribution in [-0.4, -0.2) is 18.6 Å². The molecule has 1 N–H and O–H groups in total. The normalized spacial score (nSPS) is 11.4. The van der Waals surface area contributed by atoms with Crippen LogP contribution in [0.4, 0.5) is 10.5 Å². The van der Waals surface area contributed by atoms with Crippen LogP contribution in [0.1, 0.15) is 13.8 Å². The molecule has 1 aromatic carbocycles. The van der Waals surface area contributed by atoms with Crippen molar-refractivity contribution in [3.05, 3.63) is 42.1 Å². The van der Waals surface area contributed by atoms with Crippen molar-refractivity contribution in [2.24, 2.45) is 10.2 Å². The second-order valence-corrected chi connectivity index (χ2v) is 3.53. The predicted molar refractivity (Wildman–Crippen MR) is 70.7 cm³/mol. The zero-order chi connectivity index (χ0) is 14.1. The molecule has 0 aliphatic heterocycles. The van der Waals surface area contributed by atoms with Gasteiger partial charge in [0.15, 0.2) is 0 Å². The first kappa shape index (κ1) is 14.6. The number of carbonyl (C=O) groups excluding carboxylic acids is 2. The smallest absolute Gasteiger partial charge is 0.364 e. The largest absolute Gasteiger partial charge is 0.463 e. The number of benzene rings is 1. The van der Waals surface area contributed by atoms with E-state index in [-0.39, 0.29) is 6.61 Å². The van der Waals surface area contributed by atoms with Gasteiger partial charge in [-0.3, -0.25) is 0 Å². The minimum Gasteiger partial charge on any atom is -0.463 e. The Bertz CT molecular complexity index is 495. The number of anilines is 1. The number of azo groups is 1. The van der Waals surface area contributed by atoms with Crippen molar-refractivity contribution in [2.75, 3.05) is 11.9 Å². The van der Waals surface area contributed by atoms with Gasteiger partial charge in [-0.2, -0.15) is 5.11 Å². The Labute approximate surface area is 111 Å². The predicted octanol–water partition coefficient (Wildman–Crippen LogP) is 3.14. The van der Waals surface area contributed by atoms with Crippen molar-refractivity contribution in [3.63, 3.8) is 0 Å². The van der Waals surface area contributed by atoms with E-state index in [0.29, 0.717) is 11.4 Å². The Morgan fingerprint density at radius 1 is 1.26 bits per heavy atom. The van der Waals surface area contributed by atoms with E-state index in [0.717, 1.165) is 0 Å². The molecule has 6 heteroatoms. The molecule has 19 heavy (non-hydrogen) atoms. The van der Waals surface area contributed by atoms with Gasteiger partial charge in [0.1, 0.15) is 0 Å². The van der Waals surface area contributed by atoms with Crippen LogP contribution in [0.15, 0.2) is 52.3 Å². The van der Waals surface area contributed by atoms with Crippen molar-refractivity contribution in [1.29, 1.82) is 0 Å². The summed E-state index contributed by atoms with van der Waals surface area (Å²) in [5, 5.41) is 9.58. The summed E-state index contributed by atoms with van der Waals surface area (Å²) in [6.45, 7) is 3.54. The van der Waals surface area contributed by atoms with Gasteiger partial charge in [0.05, 0.1) is 12.3 Å². The Balaban J connectivity index is 2.52. The van der Waals surface area contributed by atoms with Crippen molar-refractivity contribution >= 4 is 17.7 Å². The molecule has 0 bridgehead atoms. The van der Waals surface area contributed by atoms with Gasteiger partial charge in [-0.1, -0.05) is 23.3 Å². The number of amides is 2. The molecule has 1 aromatic rings. The Kier molecular flexibility index (Phi) is 5.94. The molecule has 0 aromatic heterocycles. The first-order chi connectivity index (χ1) is 9.11. The lowest BCUT2D eigenvalue weighted by molar-refractivity contribution is -0.137. The average Bonchev–Trinajstić information content (AvgIpc) is 2.38. The third-order valence-corrected chi connectivity index (χ3v) is 1.94. The van der Waals surface area contributed by atoms with Crippen LogP contribution < -0.4 is 5.32 Å². The maximum atomic E-state index is 11.4.